The second-order valence-electron chi connectivity index (χ2n) is 3.58. The Bertz CT molecular complexity index is 257. The minimum absolute atomic E-state index is 0.312. The molecule has 0 radical (unpaired) electrons. The van der Waals surface area contributed by atoms with E-state index in [0.29, 0.717) is 0 Å². The topological polar surface area (TPSA) is 35.5 Å². The fourth-order valence-electron chi connectivity index (χ4n) is 1.71. The molecule has 2 heterocycles. The van der Waals surface area contributed by atoms with Crippen molar-refractivity contribution in [2.45, 2.75) is 6.10 Å². The highest BCUT2D eigenvalue weighted by Crippen LogP contribution is 2.19. The Morgan fingerprint density at radius 2 is 2.29 bits per heavy atom. The number of hydrogen-bond donors (Lipinski definition) is 2. The summed E-state index contributed by atoms with van der Waals surface area (Å²) in [5, 5.41) is 15.2. The summed E-state index contributed by atoms with van der Waals surface area (Å²) < 4.78 is 0. The summed E-state index contributed by atoms with van der Waals surface area (Å²) in [5.74, 6) is 0. The highest BCUT2D eigenvalue weighted by Gasteiger charge is 2.15. The lowest BCUT2D eigenvalue weighted by atomic mass is 10.2. The van der Waals surface area contributed by atoms with Gasteiger partial charge in [-0.25, -0.2) is 0 Å². The Morgan fingerprint density at radius 3 is 2.93 bits per heavy atom. The highest BCUT2D eigenvalue weighted by atomic mass is 32.1. The minimum atomic E-state index is -0.312. The van der Waals surface area contributed by atoms with E-state index in [1.165, 1.54) is 0 Å². The maximum atomic E-state index is 9.91. The second-order valence-corrected chi connectivity index (χ2v) is 4.56. The SMILES string of the molecule is O[C@@H](CN1CCNCC1)c1cccs1. The zero-order valence-corrected chi connectivity index (χ0v) is 8.96. The number of rotatable bonds is 3. The summed E-state index contributed by atoms with van der Waals surface area (Å²) in [6, 6.07) is 3.98. The fourth-order valence-corrected chi connectivity index (χ4v) is 2.41. The smallest absolute Gasteiger partial charge is 0.101 e. The number of piperazine rings is 1. The molecule has 14 heavy (non-hydrogen) atoms. The first-order valence-corrected chi connectivity index (χ1v) is 5.89. The first-order valence-electron chi connectivity index (χ1n) is 5.01. The number of nitrogens with one attached hydrogen (secondary N) is 1. The first kappa shape index (κ1) is 10.1. The Labute approximate surface area is 88.4 Å². The average molecular weight is 212 g/mol. The van der Waals surface area contributed by atoms with Gasteiger partial charge < -0.3 is 10.4 Å². The van der Waals surface area contributed by atoms with Gasteiger partial charge in [-0.15, -0.1) is 11.3 Å². The van der Waals surface area contributed by atoms with Crippen molar-refractivity contribution in [1.29, 1.82) is 0 Å². The molecule has 2 N–H and O–H groups in total. The van der Waals surface area contributed by atoms with Gasteiger partial charge in [-0.1, -0.05) is 6.07 Å². The van der Waals surface area contributed by atoms with Crippen LogP contribution in [0.1, 0.15) is 11.0 Å². The minimum Gasteiger partial charge on any atom is -0.386 e. The van der Waals surface area contributed by atoms with Crippen molar-refractivity contribution in [3.8, 4) is 0 Å². The van der Waals surface area contributed by atoms with Gasteiger partial charge in [-0.2, -0.15) is 0 Å². The van der Waals surface area contributed by atoms with E-state index in [1.54, 1.807) is 11.3 Å². The van der Waals surface area contributed by atoms with Crippen LogP contribution < -0.4 is 5.32 Å². The van der Waals surface area contributed by atoms with Crippen molar-refractivity contribution in [2.24, 2.45) is 0 Å². The molecule has 0 spiro atoms. The van der Waals surface area contributed by atoms with Gasteiger partial charge in [0.15, 0.2) is 0 Å². The molecule has 0 unspecified atom stereocenters. The molecule has 1 aliphatic heterocycles. The zero-order chi connectivity index (χ0) is 9.80. The van der Waals surface area contributed by atoms with Gasteiger partial charge in [0.2, 0.25) is 0 Å². The molecule has 78 valence electrons. The third-order valence-electron chi connectivity index (χ3n) is 2.51. The molecule has 1 aliphatic rings. The quantitative estimate of drug-likeness (QED) is 0.773. The molecule has 1 aromatic heterocycles. The summed E-state index contributed by atoms with van der Waals surface area (Å²) in [6.45, 7) is 4.93. The fraction of sp³-hybridized carbons (Fsp3) is 0.600. The van der Waals surface area contributed by atoms with Crippen LogP contribution in [0.5, 0.6) is 0 Å². The monoisotopic (exact) mass is 212 g/mol. The van der Waals surface area contributed by atoms with Crippen LogP contribution in [0.4, 0.5) is 0 Å². The molecule has 4 heteroatoms. The molecule has 0 aliphatic carbocycles. The van der Waals surface area contributed by atoms with Crippen LogP contribution in [0.25, 0.3) is 0 Å². The maximum Gasteiger partial charge on any atom is 0.101 e. The van der Waals surface area contributed by atoms with E-state index in [4.69, 9.17) is 0 Å². The van der Waals surface area contributed by atoms with Crippen LogP contribution in [0.2, 0.25) is 0 Å². The predicted octanol–water partition coefficient (Wildman–Crippen LogP) is 0.687. The van der Waals surface area contributed by atoms with Crippen molar-refractivity contribution in [2.75, 3.05) is 32.7 Å². The lowest BCUT2D eigenvalue weighted by Crippen LogP contribution is -2.44. The van der Waals surface area contributed by atoms with E-state index < -0.39 is 0 Å². The van der Waals surface area contributed by atoms with Crippen LogP contribution in [-0.4, -0.2) is 42.7 Å². The van der Waals surface area contributed by atoms with E-state index >= 15 is 0 Å². The summed E-state index contributed by atoms with van der Waals surface area (Å²) in [7, 11) is 0. The van der Waals surface area contributed by atoms with Gasteiger partial charge in [0.05, 0.1) is 0 Å². The maximum absolute atomic E-state index is 9.91. The van der Waals surface area contributed by atoms with E-state index in [-0.39, 0.29) is 6.10 Å². The number of nitrogens with zero attached hydrogens (tertiary/aromatic N) is 1. The molecule has 3 nitrogen and oxygen atoms in total. The normalized spacial score (nSPS) is 20.9. The van der Waals surface area contributed by atoms with Crippen LogP contribution in [0, 0.1) is 0 Å². The molecular weight excluding hydrogens is 196 g/mol. The number of hydrogen-bond acceptors (Lipinski definition) is 4. The van der Waals surface area contributed by atoms with Crippen molar-refractivity contribution >= 4 is 11.3 Å². The third-order valence-corrected chi connectivity index (χ3v) is 3.49. The molecule has 1 atom stereocenters. The molecule has 1 fully saturated rings. The van der Waals surface area contributed by atoms with Crippen LogP contribution in [-0.2, 0) is 0 Å². The predicted molar refractivity (Wildman–Crippen MR) is 58.6 cm³/mol. The third kappa shape index (κ3) is 2.54. The van der Waals surface area contributed by atoms with Gasteiger partial charge in [-0.3, -0.25) is 4.90 Å². The summed E-state index contributed by atoms with van der Waals surface area (Å²) in [4.78, 5) is 3.38. The van der Waals surface area contributed by atoms with Gasteiger partial charge in [0.1, 0.15) is 6.10 Å². The van der Waals surface area contributed by atoms with Crippen LogP contribution >= 0.6 is 11.3 Å². The van der Waals surface area contributed by atoms with Crippen molar-refractivity contribution in [3.05, 3.63) is 22.4 Å². The Balaban J connectivity index is 1.84. The van der Waals surface area contributed by atoms with Crippen molar-refractivity contribution < 1.29 is 5.11 Å². The van der Waals surface area contributed by atoms with Gasteiger partial charge in [0.25, 0.3) is 0 Å². The van der Waals surface area contributed by atoms with Gasteiger partial charge >= 0.3 is 0 Å². The number of thiophene rings is 1. The zero-order valence-electron chi connectivity index (χ0n) is 8.15. The average Bonchev–Trinajstić information content (AvgIpc) is 2.72. The van der Waals surface area contributed by atoms with E-state index in [0.717, 1.165) is 37.6 Å². The molecule has 0 amide bonds. The highest BCUT2D eigenvalue weighted by molar-refractivity contribution is 7.10. The Kier molecular flexibility index (Phi) is 3.53. The van der Waals surface area contributed by atoms with Gasteiger partial charge in [0, 0.05) is 37.6 Å². The lowest BCUT2D eigenvalue weighted by Gasteiger charge is -2.28. The number of aliphatic hydroxyl groups is 1. The molecule has 0 bridgehead atoms. The van der Waals surface area contributed by atoms with Crippen molar-refractivity contribution in [1.82, 2.24) is 10.2 Å². The molecule has 1 saturated heterocycles. The van der Waals surface area contributed by atoms with Crippen molar-refractivity contribution in [3.63, 3.8) is 0 Å². The summed E-state index contributed by atoms with van der Waals surface area (Å²) >= 11 is 1.63. The summed E-state index contributed by atoms with van der Waals surface area (Å²) in [6.07, 6.45) is -0.312. The summed E-state index contributed by atoms with van der Waals surface area (Å²) in [5.41, 5.74) is 0. The van der Waals surface area contributed by atoms with Crippen LogP contribution in [0.3, 0.4) is 0 Å². The number of β-amino-alcohol motifs (C(OH)–C–C–N with tert-alkyl or cyclic N) is 1. The molecule has 0 aromatic carbocycles. The van der Waals surface area contributed by atoms with E-state index in [9.17, 15) is 5.11 Å². The van der Waals surface area contributed by atoms with E-state index in [2.05, 4.69) is 10.2 Å². The second kappa shape index (κ2) is 4.89. The Morgan fingerprint density at radius 1 is 1.50 bits per heavy atom. The lowest BCUT2D eigenvalue weighted by molar-refractivity contribution is 0.108. The largest absolute Gasteiger partial charge is 0.386 e. The van der Waals surface area contributed by atoms with E-state index in [1.807, 2.05) is 17.5 Å². The molecule has 0 saturated carbocycles. The molecule has 1 aromatic rings. The van der Waals surface area contributed by atoms with Gasteiger partial charge in [-0.05, 0) is 11.4 Å². The number of aliphatic hydroxyl groups excluding tert-OH is 1. The Hall–Kier alpha value is -0.420. The van der Waals surface area contributed by atoms with Crippen LogP contribution in [0.15, 0.2) is 17.5 Å². The standard InChI is InChI=1S/C10H16N2OS/c13-9(10-2-1-7-14-10)8-12-5-3-11-4-6-12/h1-2,7,9,11,13H,3-6,8H2/t9-/m0/s1. The molecule has 2 rings (SSSR count). The first-order chi connectivity index (χ1) is 6.86. The molecular formula is C10H16N2OS.